The lowest BCUT2D eigenvalue weighted by molar-refractivity contribution is 0.890. The minimum absolute atomic E-state index is 0.502. The number of aromatic nitrogens is 2. The van der Waals surface area contributed by atoms with Gasteiger partial charge in [-0.2, -0.15) is 0 Å². The van der Waals surface area contributed by atoms with E-state index < -0.39 is 0 Å². The van der Waals surface area contributed by atoms with Crippen molar-refractivity contribution in [1.82, 2.24) is 9.78 Å². The van der Waals surface area contributed by atoms with Gasteiger partial charge in [-0.25, -0.2) is 4.68 Å². The van der Waals surface area contributed by atoms with Gasteiger partial charge < -0.3 is 11.1 Å². The Morgan fingerprint density at radius 3 is 2.60 bits per heavy atom. The summed E-state index contributed by atoms with van der Waals surface area (Å²) in [5.74, 6) is 1.37. The number of nitrogens with zero attached hydrogens (tertiary/aromatic N) is 2. The SMILES string of the molecule is CNc1cc(N)nn1-c1ccc(Br)cc1. The largest absolute Gasteiger partial charge is 0.382 e. The molecule has 1 aromatic heterocycles. The molecule has 2 aromatic rings. The Kier molecular flexibility index (Phi) is 2.64. The first-order valence-corrected chi connectivity index (χ1v) is 5.29. The highest BCUT2D eigenvalue weighted by atomic mass is 79.9. The Morgan fingerprint density at radius 1 is 1.33 bits per heavy atom. The van der Waals surface area contributed by atoms with Crippen LogP contribution in [0.15, 0.2) is 34.8 Å². The number of anilines is 2. The molecule has 3 N–H and O–H groups in total. The van der Waals surface area contributed by atoms with Gasteiger partial charge in [0.25, 0.3) is 0 Å². The van der Waals surface area contributed by atoms with Crippen LogP contribution >= 0.6 is 15.9 Å². The van der Waals surface area contributed by atoms with Gasteiger partial charge in [0.15, 0.2) is 0 Å². The third kappa shape index (κ3) is 1.97. The van der Waals surface area contributed by atoms with Crippen molar-refractivity contribution in [1.29, 1.82) is 0 Å². The lowest BCUT2D eigenvalue weighted by Crippen LogP contribution is -2.02. The Morgan fingerprint density at radius 2 is 2.00 bits per heavy atom. The van der Waals surface area contributed by atoms with Crippen molar-refractivity contribution in [2.45, 2.75) is 0 Å². The molecule has 0 fully saturated rings. The fraction of sp³-hybridized carbons (Fsp3) is 0.100. The quantitative estimate of drug-likeness (QED) is 0.877. The van der Waals surface area contributed by atoms with Crippen molar-refractivity contribution in [3.05, 3.63) is 34.8 Å². The van der Waals surface area contributed by atoms with Crippen molar-refractivity contribution in [2.75, 3.05) is 18.1 Å². The van der Waals surface area contributed by atoms with Crippen LogP contribution in [-0.4, -0.2) is 16.8 Å². The van der Waals surface area contributed by atoms with Crippen LogP contribution in [0.2, 0.25) is 0 Å². The van der Waals surface area contributed by atoms with Gasteiger partial charge in [0.1, 0.15) is 11.6 Å². The molecule has 0 aliphatic heterocycles. The van der Waals surface area contributed by atoms with E-state index in [0.29, 0.717) is 5.82 Å². The number of nitrogens with one attached hydrogen (secondary N) is 1. The summed E-state index contributed by atoms with van der Waals surface area (Å²) in [5.41, 5.74) is 6.61. The molecule has 1 aromatic carbocycles. The number of nitrogen functional groups attached to an aromatic ring is 1. The van der Waals surface area contributed by atoms with Gasteiger partial charge in [-0.3, -0.25) is 0 Å². The molecule has 0 spiro atoms. The van der Waals surface area contributed by atoms with Crippen LogP contribution < -0.4 is 11.1 Å². The summed E-state index contributed by atoms with van der Waals surface area (Å²) >= 11 is 3.39. The van der Waals surface area contributed by atoms with Crippen LogP contribution in [0.3, 0.4) is 0 Å². The highest BCUT2D eigenvalue weighted by molar-refractivity contribution is 9.10. The molecule has 0 amide bonds. The molecule has 15 heavy (non-hydrogen) atoms. The van der Waals surface area contributed by atoms with Gasteiger partial charge in [-0.15, -0.1) is 5.10 Å². The van der Waals surface area contributed by atoms with Crippen LogP contribution in [0.4, 0.5) is 11.6 Å². The number of hydrogen-bond acceptors (Lipinski definition) is 3. The molecule has 5 heteroatoms. The molecule has 78 valence electrons. The fourth-order valence-electron chi connectivity index (χ4n) is 1.36. The van der Waals surface area contributed by atoms with Crippen molar-refractivity contribution in [2.24, 2.45) is 0 Å². The summed E-state index contributed by atoms with van der Waals surface area (Å²) in [6.45, 7) is 0. The smallest absolute Gasteiger partial charge is 0.148 e. The molecule has 2 rings (SSSR count). The number of nitrogens with two attached hydrogens (primary N) is 1. The molecule has 0 aliphatic rings. The monoisotopic (exact) mass is 266 g/mol. The van der Waals surface area contributed by atoms with Crippen LogP contribution in [-0.2, 0) is 0 Å². The average molecular weight is 267 g/mol. The second kappa shape index (κ2) is 3.94. The third-order valence-corrected chi connectivity index (χ3v) is 2.58. The molecule has 0 saturated carbocycles. The topological polar surface area (TPSA) is 55.9 Å². The fourth-order valence-corrected chi connectivity index (χ4v) is 1.62. The van der Waals surface area contributed by atoms with E-state index in [1.54, 1.807) is 10.7 Å². The molecule has 0 unspecified atom stereocenters. The Labute approximate surface area is 96.2 Å². The summed E-state index contributed by atoms with van der Waals surface area (Å²) in [6.07, 6.45) is 0. The third-order valence-electron chi connectivity index (χ3n) is 2.06. The van der Waals surface area contributed by atoms with Gasteiger partial charge in [-0.05, 0) is 24.3 Å². The summed E-state index contributed by atoms with van der Waals surface area (Å²) < 4.78 is 2.80. The van der Waals surface area contributed by atoms with E-state index in [4.69, 9.17) is 5.73 Å². The predicted octanol–water partition coefficient (Wildman–Crippen LogP) is 2.26. The standard InChI is InChI=1S/C10H11BrN4/c1-13-10-6-9(12)14-15(10)8-4-2-7(11)3-5-8/h2-6,13H,1H3,(H2,12,14). The maximum Gasteiger partial charge on any atom is 0.148 e. The van der Waals surface area contributed by atoms with Crippen molar-refractivity contribution >= 4 is 27.6 Å². The van der Waals surface area contributed by atoms with E-state index in [1.807, 2.05) is 31.3 Å². The van der Waals surface area contributed by atoms with E-state index >= 15 is 0 Å². The van der Waals surface area contributed by atoms with E-state index in [0.717, 1.165) is 16.0 Å². The molecular formula is C10H11BrN4. The normalized spacial score (nSPS) is 10.3. The highest BCUT2D eigenvalue weighted by Crippen LogP contribution is 2.19. The Hall–Kier alpha value is -1.49. The Bertz CT molecular complexity index is 461. The second-order valence-corrected chi connectivity index (χ2v) is 4.01. The molecule has 0 saturated heterocycles. The lowest BCUT2D eigenvalue weighted by Gasteiger charge is -2.05. The van der Waals surface area contributed by atoms with Crippen LogP contribution in [0.25, 0.3) is 5.69 Å². The van der Waals surface area contributed by atoms with Crippen molar-refractivity contribution in [3.8, 4) is 5.69 Å². The summed E-state index contributed by atoms with van der Waals surface area (Å²) in [7, 11) is 1.84. The molecular weight excluding hydrogens is 256 g/mol. The lowest BCUT2D eigenvalue weighted by atomic mass is 10.3. The summed E-state index contributed by atoms with van der Waals surface area (Å²) in [5, 5.41) is 7.24. The van der Waals surface area contributed by atoms with Gasteiger partial charge in [0.05, 0.1) is 5.69 Å². The number of halogens is 1. The van der Waals surface area contributed by atoms with E-state index in [-0.39, 0.29) is 0 Å². The zero-order valence-corrected chi connectivity index (χ0v) is 9.82. The molecule has 0 atom stereocenters. The van der Waals surface area contributed by atoms with Gasteiger partial charge in [0, 0.05) is 17.6 Å². The molecule has 0 bridgehead atoms. The van der Waals surface area contributed by atoms with E-state index in [1.165, 1.54) is 0 Å². The first kappa shape index (κ1) is 10.0. The van der Waals surface area contributed by atoms with Gasteiger partial charge in [0.2, 0.25) is 0 Å². The number of rotatable bonds is 2. The maximum atomic E-state index is 5.64. The predicted molar refractivity (Wildman–Crippen MR) is 65.2 cm³/mol. The number of hydrogen-bond donors (Lipinski definition) is 2. The van der Waals surface area contributed by atoms with Crippen LogP contribution in [0, 0.1) is 0 Å². The zero-order valence-electron chi connectivity index (χ0n) is 8.24. The Balaban J connectivity index is 2.48. The average Bonchev–Trinajstić information content (AvgIpc) is 2.61. The first-order valence-electron chi connectivity index (χ1n) is 4.50. The van der Waals surface area contributed by atoms with Crippen LogP contribution in [0.5, 0.6) is 0 Å². The van der Waals surface area contributed by atoms with Crippen molar-refractivity contribution < 1.29 is 0 Å². The molecule has 0 radical (unpaired) electrons. The highest BCUT2D eigenvalue weighted by Gasteiger charge is 2.05. The minimum Gasteiger partial charge on any atom is -0.382 e. The molecule has 1 heterocycles. The van der Waals surface area contributed by atoms with E-state index in [9.17, 15) is 0 Å². The molecule has 0 aliphatic carbocycles. The zero-order chi connectivity index (χ0) is 10.8. The first-order chi connectivity index (χ1) is 7.20. The number of benzene rings is 1. The van der Waals surface area contributed by atoms with Crippen LogP contribution in [0.1, 0.15) is 0 Å². The van der Waals surface area contributed by atoms with Crippen molar-refractivity contribution in [3.63, 3.8) is 0 Å². The second-order valence-electron chi connectivity index (χ2n) is 3.09. The van der Waals surface area contributed by atoms with E-state index in [2.05, 4.69) is 26.3 Å². The summed E-state index contributed by atoms with van der Waals surface area (Å²) in [4.78, 5) is 0. The van der Waals surface area contributed by atoms with Gasteiger partial charge in [-0.1, -0.05) is 15.9 Å². The van der Waals surface area contributed by atoms with Gasteiger partial charge >= 0.3 is 0 Å². The molecule has 4 nitrogen and oxygen atoms in total. The minimum atomic E-state index is 0.502. The maximum absolute atomic E-state index is 5.64. The summed E-state index contributed by atoms with van der Waals surface area (Å²) in [6, 6.07) is 9.66.